The van der Waals surface area contributed by atoms with Crippen molar-refractivity contribution in [1.82, 2.24) is 14.6 Å². The van der Waals surface area contributed by atoms with Crippen LogP contribution in [-0.4, -0.2) is 40.4 Å². The van der Waals surface area contributed by atoms with E-state index in [9.17, 15) is 0 Å². The quantitative estimate of drug-likeness (QED) is 0.737. The van der Waals surface area contributed by atoms with Crippen molar-refractivity contribution in [1.29, 1.82) is 5.26 Å². The van der Waals surface area contributed by atoms with Crippen LogP contribution in [0.2, 0.25) is 0 Å². The maximum Gasteiger partial charge on any atom is 0.207 e. The second-order valence-corrected chi connectivity index (χ2v) is 6.58. The van der Waals surface area contributed by atoms with Crippen molar-refractivity contribution in [2.24, 2.45) is 10.8 Å². The number of aromatic nitrogens is 2. The van der Waals surface area contributed by atoms with Crippen molar-refractivity contribution in [3.63, 3.8) is 0 Å². The zero-order chi connectivity index (χ0) is 20.8. The molecule has 0 amide bonds. The van der Waals surface area contributed by atoms with Crippen LogP contribution < -0.4 is 10.6 Å². The second kappa shape index (κ2) is 9.09. The summed E-state index contributed by atoms with van der Waals surface area (Å²) in [7, 11) is 0. The zero-order valence-corrected chi connectivity index (χ0v) is 16.9. The summed E-state index contributed by atoms with van der Waals surface area (Å²) < 4.78 is 2.09. The van der Waals surface area contributed by atoms with Gasteiger partial charge in [-0.3, -0.25) is 9.58 Å². The van der Waals surface area contributed by atoms with Gasteiger partial charge in [-0.25, -0.2) is 4.98 Å². The largest absolute Gasteiger partial charge is 0.341 e. The Labute approximate surface area is 171 Å². The van der Waals surface area contributed by atoms with Crippen LogP contribution in [0.15, 0.2) is 35.9 Å². The van der Waals surface area contributed by atoms with Gasteiger partial charge in [0, 0.05) is 19.6 Å². The normalized spacial score (nSPS) is 12.2. The Hall–Kier alpha value is -3.55. The van der Waals surface area contributed by atoms with Gasteiger partial charge < -0.3 is 10.6 Å². The van der Waals surface area contributed by atoms with Crippen molar-refractivity contribution in [3.05, 3.63) is 53.4 Å². The third-order valence-electron chi connectivity index (χ3n) is 4.77. The maximum absolute atomic E-state index is 8.98. The minimum absolute atomic E-state index is 0.521. The van der Waals surface area contributed by atoms with E-state index in [0.717, 1.165) is 35.1 Å². The molecule has 0 unspecified atom stereocenters. The van der Waals surface area contributed by atoms with Crippen LogP contribution in [0.25, 0.3) is 5.70 Å². The highest BCUT2D eigenvalue weighted by Crippen LogP contribution is 2.30. The molecule has 0 radical (unpaired) electrons. The third-order valence-corrected chi connectivity index (χ3v) is 4.77. The number of anilines is 1. The van der Waals surface area contributed by atoms with E-state index in [2.05, 4.69) is 46.0 Å². The molecule has 1 aromatic carbocycles. The van der Waals surface area contributed by atoms with Crippen LogP contribution >= 0.6 is 0 Å². The van der Waals surface area contributed by atoms with Gasteiger partial charge >= 0.3 is 0 Å². The number of nitrogens with two attached hydrogens (primary N) is 1. The molecule has 148 valence electrons. The molecule has 0 saturated heterocycles. The van der Waals surface area contributed by atoms with Crippen molar-refractivity contribution >= 4 is 17.9 Å². The molecule has 7 nitrogen and oxygen atoms in total. The number of likely N-dealkylation sites (N-methyl/N-ethyl adjacent to an activating group) is 1. The van der Waals surface area contributed by atoms with Gasteiger partial charge in [-0.1, -0.05) is 24.6 Å². The number of hydrogen-bond donors (Lipinski definition) is 1. The molecule has 0 saturated carbocycles. The predicted molar refractivity (Wildman–Crippen MR) is 116 cm³/mol. The highest BCUT2D eigenvalue weighted by molar-refractivity contribution is 5.88. The summed E-state index contributed by atoms with van der Waals surface area (Å²) in [5.74, 6) is 6.93. The predicted octanol–water partition coefficient (Wildman–Crippen LogP) is 2.38. The van der Waals surface area contributed by atoms with E-state index in [1.54, 1.807) is 6.21 Å². The Bertz CT molecular complexity index is 1010. The molecule has 0 aliphatic carbocycles. The smallest absolute Gasteiger partial charge is 0.207 e. The summed E-state index contributed by atoms with van der Waals surface area (Å²) in [6, 6.07) is 9.62. The Kier molecular flexibility index (Phi) is 6.33. The summed E-state index contributed by atoms with van der Waals surface area (Å²) in [6.45, 7) is 11.3. The molecular weight excluding hydrogens is 362 g/mol. The van der Waals surface area contributed by atoms with Gasteiger partial charge in [0.2, 0.25) is 5.95 Å². The van der Waals surface area contributed by atoms with E-state index in [1.165, 1.54) is 0 Å². The van der Waals surface area contributed by atoms with Gasteiger partial charge in [0.25, 0.3) is 0 Å². The molecule has 0 spiro atoms. The number of hydrogen-bond acceptors (Lipinski definition) is 6. The van der Waals surface area contributed by atoms with Gasteiger partial charge in [0.05, 0.1) is 42.3 Å². The number of nitriles is 1. The van der Waals surface area contributed by atoms with Crippen molar-refractivity contribution in [3.8, 4) is 17.9 Å². The van der Waals surface area contributed by atoms with Gasteiger partial charge in [-0.05, 0) is 31.5 Å². The zero-order valence-electron chi connectivity index (χ0n) is 16.9. The van der Waals surface area contributed by atoms with E-state index in [4.69, 9.17) is 16.0 Å². The topological polar surface area (TPSA) is 86.5 Å². The SMILES string of the molecule is C=C1c2c(nc(N(CC)CCN)n2CC#CC)C=NN1Cc1ccc(C#N)cc1. The number of rotatable bonds is 7. The van der Waals surface area contributed by atoms with E-state index in [-0.39, 0.29) is 0 Å². The molecule has 2 N–H and O–H groups in total. The minimum atomic E-state index is 0.521. The lowest BCUT2D eigenvalue weighted by atomic mass is 10.1. The van der Waals surface area contributed by atoms with E-state index in [0.29, 0.717) is 31.7 Å². The lowest BCUT2D eigenvalue weighted by Crippen LogP contribution is -2.32. The fourth-order valence-electron chi connectivity index (χ4n) is 3.27. The average Bonchev–Trinajstić information content (AvgIpc) is 3.12. The number of imidazole rings is 1. The Morgan fingerprint density at radius 2 is 2.03 bits per heavy atom. The molecule has 7 heteroatoms. The summed E-state index contributed by atoms with van der Waals surface area (Å²) in [6.07, 6.45) is 1.77. The van der Waals surface area contributed by atoms with Crippen LogP contribution in [0.4, 0.5) is 5.95 Å². The Morgan fingerprint density at radius 1 is 1.28 bits per heavy atom. The van der Waals surface area contributed by atoms with Crippen LogP contribution in [0.1, 0.15) is 36.4 Å². The van der Waals surface area contributed by atoms with E-state index >= 15 is 0 Å². The minimum Gasteiger partial charge on any atom is -0.341 e. The lowest BCUT2D eigenvalue weighted by Gasteiger charge is -2.26. The van der Waals surface area contributed by atoms with Crippen LogP contribution in [0, 0.1) is 23.2 Å². The van der Waals surface area contributed by atoms with Crippen molar-refractivity contribution < 1.29 is 0 Å². The fraction of sp³-hybridized carbons (Fsp3) is 0.318. The van der Waals surface area contributed by atoms with Gasteiger partial charge in [-0.15, -0.1) is 5.92 Å². The maximum atomic E-state index is 8.98. The fourth-order valence-corrected chi connectivity index (χ4v) is 3.27. The first kappa shape index (κ1) is 20.2. The van der Waals surface area contributed by atoms with Crippen molar-refractivity contribution in [2.75, 3.05) is 24.5 Å². The first-order valence-corrected chi connectivity index (χ1v) is 9.57. The van der Waals surface area contributed by atoms with Gasteiger partial charge in [0.1, 0.15) is 5.69 Å². The molecule has 3 rings (SSSR count). The van der Waals surface area contributed by atoms with Crippen LogP contribution in [-0.2, 0) is 13.1 Å². The molecule has 2 aromatic rings. The van der Waals surface area contributed by atoms with E-state index < -0.39 is 0 Å². The highest BCUT2D eigenvalue weighted by Gasteiger charge is 2.26. The average molecular weight is 387 g/mol. The Morgan fingerprint density at radius 3 is 2.66 bits per heavy atom. The summed E-state index contributed by atoms with van der Waals surface area (Å²) in [4.78, 5) is 6.94. The van der Waals surface area contributed by atoms with E-state index in [1.807, 2.05) is 36.2 Å². The molecule has 2 heterocycles. The molecule has 29 heavy (non-hydrogen) atoms. The molecule has 1 aliphatic rings. The van der Waals surface area contributed by atoms with Crippen LogP contribution in [0.3, 0.4) is 0 Å². The van der Waals surface area contributed by atoms with Crippen molar-refractivity contribution in [2.45, 2.75) is 26.9 Å². The molecule has 0 atom stereocenters. The van der Waals surface area contributed by atoms with Gasteiger partial charge in [0.15, 0.2) is 0 Å². The number of nitrogens with zero attached hydrogens (tertiary/aromatic N) is 6. The lowest BCUT2D eigenvalue weighted by molar-refractivity contribution is 0.411. The monoisotopic (exact) mass is 387 g/mol. The van der Waals surface area contributed by atoms with Gasteiger partial charge in [-0.2, -0.15) is 10.4 Å². The molecule has 0 fully saturated rings. The molecule has 1 aromatic heterocycles. The Balaban J connectivity index is 1.95. The summed E-state index contributed by atoms with van der Waals surface area (Å²) >= 11 is 0. The van der Waals surface area contributed by atoms with Crippen LogP contribution in [0.5, 0.6) is 0 Å². The molecular formula is C22H25N7. The summed E-state index contributed by atoms with van der Waals surface area (Å²) in [5.41, 5.74) is 9.95. The summed E-state index contributed by atoms with van der Waals surface area (Å²) in [5, 5.41) is 15.4. The second-order valence-electron chi connectivity index (χ2n) is 6.58. The number of benzene rings is 1. The number of fused-ring (bicyclic) bond motifs is 1. The third kappa shape index (κ3) is 4.16. The first-order chi connectivity index (χ1) is 14.1. The molecule has 1 aliphatic heterocycles. The number of hydrazone groups is 1. The standard InChI is InChI=1S/C22H25N7/c1-4-6-12-28-21-17(3)29(16-19-9-7-18(14-24)8-10-19)25-15-20(21)26-22(28)27(5-2)13-11-23/h7-10,15H,3,5,11-13,16,23H2,1-2H3. The highest BCUT2D eigenvalue weighted by atomic mass is 15.5. The molecule has 0 bridgehead atoms. The first-order valence-electron chi connectivity index (χ1n) is 9.57.